The van der Waals surface area contributed by atoms with Crippen LogP contribution in [0.1, 0.15) is 26.7 Å². The Bertz CT molecular complexity index is 179. The quantitative estimate of drug-likeness (QED) is 0.716. The summed E-state index contributed by atoms with van der Waals surface area (Å²) in [6.45, 7) is 4.97. The first-order valence-corrected chi connectivity index (χ1v) is 4.97. The first-order valence-electron chi connectivity index (χ1n) is 4.97. The molecule has 1 N–H and O–H groups in total. The smallest absolute Gasteiger partial charge is 0.297 e. The van der Waals surface area contributed by atoms with Gasteiger partial charge in [0, 0.05) is 18.6 Å². The molecule has 0 aliphatic carbocycles. The molecular formula is C9H17F3N2. The molecule has 14 heavy (non-hydrogen) atoms. The summed E-state index contributed by atoms with van der Waals surface area (Å²) in [4.78, 5) is 2.12. The standard InChI is InChI=1S/C9H17F3N2/c1-7(2)14-5-3-4-8(14)6-13-9(10,11)12/h7-8,13H,3-6H2,1-2H3/t8-/m1/s1. The summed E-state index contributed by atoms with van der Waals surface area (Å²) in [6, 6.07) is 0.370. The van der Waals surface area contributed by atoms with Crippen LogP contribution in [0.4, 0.5) is 13.2 Å². The van der Waals surface area contributed by atoms with Crippen molar-refractivity contribution in [2.24, 2.45) is 0 Å². The average Bonchev–Trinajstić information content (AvgIpc) is 2.46. The van der Waals surface area contributed by atoms with Gasteiger partial charge in [-0.05, 0) is 33.2 Å². The van der Waals surface area contributed by atoms with Gasteiger partial charge in [-0.3, -0.25) is 4.90 Å². The molecule has 0 radical (unpaired) electrons. The molecule has 1 atom stereocenters. The molecule has 0 spiro atoms. The van der Waals surface area contributed by atoms with E-state index in [1.807, 2.05) is 13.8 Å². The third-order valence-electron chi connectivity index (χ3n) is 2.62. The van der Waals surface area contributed by atoms with E-state index >= 15 is 0 Å². The molecule has 1 rings (SSSR count). The molecule has 1 aliphatic rings. The van der Waals surface area contributed by atoms with Crippen molar-refractivity contribution in [1.29, 1.82) is 0 Å². The summed E-state index contributed by atoms with van der Waals surface area (Å²) >= 11 is 0. The number of nitrogens with one attached hydrogen (secondary N) is 1. The molecule has 0 aromatic heterocycles. The molecule has 0 aromatic rings. The summed E-state index contributed by atoms with van der Waals surface area (Å²) in [7, 11) is 0. The summed E-state index contributed by atoms with van der Waals surface area (Å²) in [5.74, 6) is 0. The molecule has 5 heteroatoms. The van der Waals surface area contributed by atoms with E-state index in [1.54, 1.807) is 5.32 Å². The second-order valence-corrected chi connectivity index (χ2v) is 4.01. The van der Waals surface area contributed by atoms with Crippen LogP contribution < -0.4 is 5.32 Å². The Hall–Kier alpha value is -0.290. The van der Waals surface area contributed by atoms with Crippen LogP contribution in [0.5, 0.6) is 0 Å². The Morgan fingerprint density at radius 1 is 1.43 bits per heavy atom. The van der Waals surface area contributed by atoms with E-state index in [0.29, 0.717) is 6.04 Å². The van der Waals surface area contributed by atoms with E-state index in [9.17, 15) is 13.2 Å². The van der Waals surface area contributed by atoms with Crippen LogP contribution in [0.15, 0.2) is 0 Å². The number of nitrogens with zero attached hydrogens (tertiary/aromatic N) is 1. The molecule has 1 aliphatic heterocycles. The topological polar surface area (TPSA) is 15.3 Å². The Kier molecular flexibility index (Phi) is 3.78. The number of hydrogen-bond donors (Lipinski definition) is 1. The maximum atomic E-state index is 11.9. The van der Waals surface area contributed by atoms with Gasteiger partial charge in [-0.1, -0.05) is 0 Å². The molecule has 84 valence electrons. The molecular weight excluding hydrogens is 193 g/mol. The van der Waals surface area contributed by atoms with Gasteiger partial charge in [0.05, 0.1) is 0 Å². The zero-order valence-corrected chi connectivity index (χ0v) is 8.56. The van der Waals surface area contributed by atoms with Crippen LogP contribution in [0, 0.1) is 0 Å². The lowest BCUT2D eigenvalue weighted by Gasteiger charge is -2.28. The lowest BCUT2D eigenvalue weighted by Crippen LogP contribution is -2.45. The maximum Gasteiger partial charge on any atom is 0.457 e. The van der Waals surface area contributed by atoms with Crippen LogP contribution >= 0.6 is 0 Å². The number of alkyl halides is 3. The molecule has 0 unspecified atom stereocenters. The Balaban J connectivity index is 2.36. The SMILES string of the molecule is CC(C)N1CCC[C@@H]1CNC(F)(F)F. The number of halogens is 3. The predicted molar refractivity (Wildman–Crippen MR) is 48.9 cm³/mol. The van der Waals surface area contributed by atoms with Crippen molar-refractivity contribution in [2.75, 3.05) is 13.1 Å². The number of likely N-dealkylation sites (tertiary alicyclic amines) is 1. The monoisotopic (exact) mass is 210 g/mol. The molecule has 2 nitrogen and oxygen atoms in total. The van der Waals surface area contributed by atoms with E-state index in [2.05, 4.69) is 4.90 Å². The summed E-state index contributed by atoms with van der Waals surface area (Å²) in [5.41, 5.74) is 0. The minimum absolute atomic E-state index is 0.0156. The minimum atomic E-state index is -4.24. The van der Waals surface area contributed by atoms with E-state index in [4.69, 9.17) is 0 Å². The number of hydrogen-bond acceptors (Lipinski definition) is 2. The van der Waals surface area contributed by atoms with Gasteiger partial charge in [0.15, 0.2) is 0 Å². The first kappa shape index (κ1) is 11.8. The highest BCUT2D eigenvalue weighted by atomic mass is 19.4. The van der Waals surface area contributed by atoms with Crippen LogP contribution in [0.2, 0.25) is 0 Å². The van der Waals surface area contributed by atoms with E-state index < -0.39 is 6.30 Å². The normalized spacial score (nSPS) is 24.9. The molecule has 0 bridgehead atoms. The average molecular weight is 210 g/mol. The Morgan fingerprint density at radius 2 is 2.07 bits per heavy atom. The largest absolute Gasteiger partial charge is 0.457 e. The summed E-state index contributed by atoms with van der Waals surface area (Å²) in [5, 5.41) is 1.61. The van der Waals surface area contributed by atoms with Crippen molar-refractivity contribution in [3.8, 4) is 0 Å². The second-order valence-electron chi connectivity index (χ2n) is 4.01. The number of rotatable bonds is 3. The molecule has 0 amide bonds. The molecule has 0 saturated carbocycles. The maximum absolute atomic E-state index is 11.9. The minimum Gasteiger partial charge on any atom is -0.297 e. The molecule has 1 heterocycles. The summed E-state index contributed by atoms with van der Waals surface area (Å²) in [6.07, 6.45) is -2.38. The third-order valence-corrected chi connectivity index (χ3v) is 2.62. The van der Waals surface area contributed by atoms with Gasteiger partial charge in [-0.15, -0.1) is 0 Å². The van der Waals surface area contributed by atoms with Crippen molar-refractivity contribution < 1.29 is 13.2 Å². The van der Waals surface area contributed by atoms with Crippen LogP contribution in [0.3, 0.4) is 0 Å². The lowest BCUT2D eigenvalue weighted by molar-refractivity contribution is -0.159. The Morgan fingerprint density at radius 3 is 2.57 bits per heavy atom. The zero-order valence-electron chi connectivity index (χ0n) is 8.56. The van der Waals surface area contributed by atoms with Gasteiger partial charge in [0.2, 0.25) is 0 Å². The molecule has 1 saturated heterocycles. The van der Waals surface area contributed by atoms with E-state index in [1.165, 1.54) is 0 Å². The van der Waals surface area contributed by atoms with Crippen molar-refractivity contribution in [3.05, 3.63) is 0 Å². The first-order chi connectivity index (χ1) is 6.40. The van der Waals surface area contributed by atoms with E-state index in [-0.39, 0.29) is 12.6 Å². The second kappa shape index (κ2) is 4.49. The van der Waals surface area contributed by atoms with Crippen molar-refractivity contribution in [1.82, 2.24) is 10.2 Å². The van der Waals surface area contributed by atoms with Crippen LogP contribution in [-0.2, 0) is 0 Å². The van der Waals surface area contributed by atoms with Crippen molar-refractivity contribution in [2.45, 2.75) is 45.1 Å². The zero-order chi connectivity index (χ0) is 10.8. The van der Waals surface area contributed by atoms with Gasteiger partial charge >= 0.3 is 6.30 Å². The summed E-state index contributed by atoms with van der Waals surface area (Å²) < 4.78 is 35.7. The van der Waals surface area contributed by atoms with Gasteiger partial charge in [0.1, 0.15) is 0 Å². The lowest BCUT2D eigenvalue weighted by atomic mass is 10.2. The molecule has 0 aromatic carbocycles. The predicted octanol–water partition coefficient (Wildman–Crippen LogP) is 1.97. The fraction of sp³-hybridized carbons (Fsp3) is 1.00. The van der Waals surface area contributed by atoms with Gasteiger partial charge in [0.25, 0.3) is 0 Å². The van der Waals surface area contributed by atoms with Crippen molar-refractivity contribution >= 4 is 0 Å². The van der Waals surface area contributed by atoms with E-state index in [0.717, 1.165) is 19.4 Å². The van der Waals surface area contributed by atoms with Crippen molar-refractivity contribution in [3.63, 3.8) is 0 Å². The fourth-order valence-corrected chi connectivity index (χ4v) is 1.99. The highest BCUT2D eigenvalue weighted by Gasteiger charge is 2.32. The highest BCUT2D eigenvalue weighted by molar-refractivity contribution is 4.83. The van der Waals surface area contributed by atoms with Gasteiger partial charge < -0.3 is 0 Å². The molecule has 1 fully saturated rings. The Labute approximate surface area is 82.5 Å². The fourth-order valence-electron chi connectivity index (χ4n) is 1.99. The third kappa shape index (κ3) is 3.46. The van der Waals surface area contributed by atoms with Crippen LogP contribution in [-0.4, -0.2) is 36.4 Å². The van der Waals surface area contributed by atoms with Gasteiger partial charge in [-0.2, -0.15) is 13.2 Å². The van der Waals surface area contributed by atoms with Gasteiger partial charge in [-0.25, -0.2) is 5.32 Å². The highest BCUT2D eigenvalue weighted by Crippen LogP contribution is 2.20. The van der Waals surface area contributed by atoms with Crippen LogP contribution in [0.25, 0.3) is 0 Å².